The first kappa shape index (κ1) is 13.6. The minimum absolute atomic E-state index is 0.143. The molecule has 4 heteroatoms. The number of hydrogen-bond donors (Lipinski definition) is 2. The van der Waals surface area contributed by atoms with Crippen LogP contribution in [0.25, 0.3) is 0 Å². The molecule has 0 radical (unpaired) electrons. The van der Waals surface area contributed by atoms with Crippen LogP contribution in [-0.4, -0.2) is 47.4 Å². The van der Waals surface area contributed by atoms with E-state index in [4.69, 9.17) is 11.1 Å². The topological polar surface area (TPSA) is 56.4 Å². The number of piperazine rings is 1. The van der Waals surface area contributed by atoms with E-state index in [2.05, 4.69) is 28.9 Å². The highest BCUT2D eigenvalue weighted by Crippen LogP contribution is 2.25. The number of benzene rings is 1. The van der Waals surface area contributed by atoms with E-state index in [1.165, 1.54) is 38.0 Å². The maximum Gasteiger partial charge on any atom is 0.122 e. The van der Waals surface area contributed by atoms with E-state index in [0.29, 0.717) is 6.04 Å². The highest BCUT2D eigenvalue weighted by atomic mass is 15.3. The predicted molar refractivity (Wildman–Crippen MR) is 81.9 cm³/mol. The number of nitrogens with one attached hydrogen (secondary N) is 1. The van der Waals surface area contributed by atoms with Crippen molar-refractivity contribution in [2.45, 2.75) is 38.4 Å². The van der Waals surface area contributed by atoms with Crippen LogP contribution in [0.2, 0.25) is 0 Å². The van der Waals surface area contributed by atoms with Gasteiger partial charge in [-0.15, -0.1) is 0 Å². The van der Waals surface area contributed by atoms with Gasteiger partial charge in [0.15, 0.2) is 0 Å². The molecule has 1 aromatic rings. The first-order chi connectivity index (χ1) is 9.63. The Kier molecular flexibility index (Phi) is 3.76. The largest absolute Gasteiger partial charge is 0.384 e. The average molecular weight is 272 g/mol. The quantitative estimate of drug-likeness (QED) is 0.649. The van der Waals surface area contributed by atoms with Crippen molar-refractivity contribution in [2.24, 2.45) is 5.73 Å². The summed E-state index contributed by atoms with van der Waals surface area (Å²) in [4.78, 5) is 5.25. The van der Waals surface area contributed by atoms with Gasteiger partial charge in [0, 0.05) is 37.3 Å². The van der Waals surface area contributed by atoms with E-state index in [0.717, 1.165) is 18.2 Å². The Morgan fingerprint density at radius 2 is 2.05 bits per heavy atom. The lowest BCUT2D eigenvalue weighted by atomic mass is 10.1. The van der Waals surface area contributed by atoms with Crippen LogP contribution in [0.1, 0.15) is 30.9 Å². The van der Waals surface area contributed by atoms with Crippen LogP contribution < -0.4 is 5.73 Å². The molecule has 2 heterocycles. The Hall–Kier alpha value is -1.39. The number of fused-ring (bicyclic) bond motifs is 1. The summed E-state index contributed by atoms with van der Waals surface area (Å²) in [7, 11) is 0. The summed E-state index contributed by atoms with van der Waals surface area (Å²) in [6, 6.07) is 9.50. The van der Waals surface area contributed by atoms with Crippen molar-refractivity contribution in [1.82, 2.24) is 9.80 Å². The molecule has 0 spiro atoms. The zero-order valence-corrected chi connectivity index (χ0v) is 12.2. The van der Waals surface area contributed by atoms with Crippen molar-refractivity contribution in [3.05, 3.63) is 35.4 Å². The van der Waals surface area contributed by atoms with Gasteiger partial charge in [0.2, 0.25) is 0 Å². The third-order valence-corrected chi connectivity index (χ3v) is 4.72. The molecule has 2 aliphatic rings. The lowest BCUT2D eigenvalue weighted by Gasteiger charge is -2.42. The van der Waals surface area contributed by atoms with Crippen molar-refractivity contribution < 1.29 is 0 Å². The number of rotatable bonds is 3. The molecule has 2 fully saturated rings. The van der Waals surface area contributed by atoms with Gasteiger partial charge < -0.3 is 5.73 Å². The van der Waals surface area contributed by atoms with Crippen LogP contribution in [0.5, 0.6) is 0 Å². The molecular formula is C16H24N4. The molecule has 2 atom stereocenters. The van der Waals surface area contributed by atoms with Crippen LogP contribution in [0.15, 0.2) is 24.3 Å². The van der Waals surface area contributed by atoms with E-state index in [1.54, 1.807) is 0 Å². The molecule has 0 amide bonds. The van der Waals surface area contributed by atoms with Gasteiger partial charge in [0.25, 0.3) is 0 Å². The first-order valence-corrected chi connectivity index (χ1v) is 7.55. The molecule has 1 aromatic carbocycles. The van der Waals surface area contributed by atoms with Crippen LogP contribution in [-0.2, 0) is 6.54 Å². The summed E-state index contributed by atoms with van der Waals surface area (Å²) in [5.41, 5.74) is 7.62. The fourth-order valence-electron chi connectivity index (χ4n) is 3.49. The Labute approximate surface area is 121 Å². The minimum atomic E-state index is 0.143. The Morgan fingerprint density at radius 1 is 1.30 bits per heavy atom. The molecule has 3 rings (SSSR count). The Bertz CT molecular complexity index is 482. The van der Waals surface area contributed by atoms with Gasteiger partial charge in [-0.25, -0.2) is 0 Å². The summed E-state index contributed by atoms with van der Waals surface area (Å²) in [5.74, 6) is 0.143. The normalized spacial score (nSPS) is 27.4. The SMILES string of the molecule is CC1CN2CCCC2CN1Cc1ccc(C(=N)N)cc1. The van der Waals surface area contributed by atoms with Gasteiger partial charge in [-0.3, -0.25) is 15.2 Å². The summed E-state index contributed by atoms with van der Waals surface area (Å²) < 4.78 is 0. The number of nitrogen functional groups attached to an aromatic ring is 1. The number of hydrogen-bond acceptors (Lipinski definition) is 3. The highest BCUT2D eigenvalue weighted by molar-refractivity contribution is 5.94. The van der Waals surface area contributed by atoms with Crippen LogP contribution in [0.4, 0.5) is 0 Å². The van der Waals surface area contributed by atoms with Gasteiger partial charge in [-0.2, -0.15) is 0 Å². The molecule has 0 aromatic heterocycles. The summed E-state index contributed by atoms with van der Waals surface area (Å²) in [6.07, 6.45) is 2.71. The lowest BCUT2D eigenvalue weighted by molar-refractivity contribution is 0.0540. The molecule has 2 aliphatic heterocycles. The van der Waals surface area contributed by atoms with E-state index in [-0.39, 0.29) is 5.84 Å². The molecule has 0 aliphatic carbocycles. The van der Waals surface area contributed by atoms with E-state index in [1.807, 2.05) is 12.1 Å². The Balaban J connectivity index is 1.66. The maximum atomic E-state index is 7.43. The second kappa shape index (κ2) is 5.54. The fourth-order valence-corrected chi connectivity index (χ4v) is 3.49. The summed E-state index contributed by atoms with van der Waals surface area (Å²) in [6.45, 7) is 7.02. The number of nitrogens with zero attached hydrogens (tertiary/aromatic N) is 2. The predicted octanol–water partition coefficient (Wildman–Crippen LogP) is 1.64. The second-order valence-electron chi connectivity index (χ2n) is 6.18. The van der Waals surface area contributed by atoms with Gasteiger partial charge in [-0.05, 0) is 31.9 Å². The third kappa shape index (κ3) is 2.72. The van der Waals surface area contributed by atoms with Crippen molar-refractivity contribution in [3.8, 4) is 0 Å². The molecule has 108 valence electrons. The minimum Gasteiger partial charge on any atom is -0.384 e. The average Bonchev–Trinajstić information content (AvgIpc) is 2.87. The third-order valence-electron chi connectivity index (χ3n) is 4.72. The van der Waals surface area contributed by atoms with Gasteiger partial charge in [-0.1, -0.05) is 24.3 Å². The summed E-state index contributed by atoms with van der Waals surface area (Å²) in [5, 5.41) is 7.43. The van der Waals surface area contributed by atoms with Crippen molar-refractivity contribution in [3.63, 3.8) is 0 Å². The lowest BCUT2D eigenvalue weighted by Crippen LogP contribution is -2.54. The summed E-state index contributed by atoms with van der Waals surface area (Å²) >= 11 is 0. The molecule has 0 saturated carbocycles. The zero-order chi connectivity index (χ0) is 14.1. The molecule has 20 heavy (non-hydrogen) atoms. The molecule has 0 bridgehead atoms. The van der Waals surface area contributed by atoms with Crippen molar-refractivity contribution >= 4 is 5.84 Å². The molecule has 3 N–H and O–H groups in total. The van der Waals surface area contributed by atoms with E-state index in [9.17, 15) is 0 Å². The van der Waals surface area contributed by atoms with Crippen LogP contribution >= 0.6 is 0 Å². The maximum absolute atomic E-state index is 7.43. The van der Waals surface area contributed by atoms with Crippen LogP contribution in [0.3, 0.4) is 0 Å². The fraction of sp³-hybridized carbons (Fsp3) is 0.562. The van der Waals surface area contributed by atoms with Gasteiger partial charge >= 0.3 is 0 Å². The molecule has 2 unspecified atom stereocenters. The second-order valence-corrected chi connectivity index (χ2v) is 6.18. The van der Waals surface area contributed by atoms with Crippen molar-refractivity contribution in [2.75, 3.05) is 19.6 Å². The smallest absolute Gasteiger partial charge is 0.122 e. The number of amidine groups is 1. The standard InChI is InChI=1S/C16H24N4/c1-12-9-19-8-2-3-15(19)11-20(12)10-13-4-6-14(7-5-13)16(17)18/h4-7,12,15H,2-3,8-11H2,1H3,(H3,17,18). The van der Waals surface area contributed by atoms with Gasteiger partial charge in [0.05, 0.1) is 0 Å². The van der Waals surface area contributed by atoms with Crippen LogP contribution in [0, 0.1) is 5.41 Å². The number of nitrogens with two attached hydrogens (primary N) is 1. The molecule has 4 nitrogen and oxygen atoms in total. The molecular weight excluding hydrogens is 248 g/mol. The highest BCUT2D eigenvalue weighted by Gasteiger charge is 2.34. The Morgan fingerprint density at radius 3 is 2.75 bits per heavy atom. The molecule has 2 saturated heterocycles. The van der Waals surface area contributed by atoms with Gasteiger partial charge in [0.1, 0.15) is 5.84 Å². The van der Waals surface area contributed by atoms with E-state index < -0.39 is 0 Å². The van der Waals surface area contributed by atoms with E-state index >= 15 is 0 Å². The first-order valence-electron chi connectivity index (χ1n) is 7.55. The monoisotopic (exact) mass is 272 g/mol. The zero-order valence-electron chi connectivity index (χ0n) is 12.2. The van der Waals surface area contributed by atoms with Crippen molar-refractivity contribution in [1.29, 1.82) is 5.41 Å².